The molecule has 11 heavy (non-hydrogen) atoms. The molecule has 1 N–H and O–H groups in total. The van der Waals surface area contributed by atoms with Gasteiger partial charge in [0.25, 0.3) is 0 Å². The summed E-state index contributed by atoms with van der Waals surface area (Å²) in [6.07, 6.45) is 2.05. The van der Waals surface area contributed by atoms with Gasteiger partial charge in [0, 0.05) is 5.75 Å². The van der Waals surface area contributed by atoms with Crippen molar-refractivity contribution in [3.63, 3.8) is 0 Å². The maximum Gasteiger partial charge on any atom is 0.116 e. The van der Waals surface area contributed by atoms with Crippen LogP contribution in [0.4, 0.5) is 0 Å². The highest BCUT2D eigenvalue weighted by atomic mass is 32.2. The minimum atomic E-state index is 0.369. The second-order valence-electron chi connectivity index (χ2n) is 2.61. The van der Waals surface area contributed by atoms with Crippen molar-refractivity contribution in [1.29, 1.82) is 0 Å². The lowest BCUT2D eigenvalue weighted by molar-refractivity contribution is 0.474. The van der Waals surface area contributed by atoms with E-state index in [1.807, 2.05) is 13.0 Å². The van der Waals surface area contributed by atoms with E-state index in [0.29, 0.717) is 5.75 Å². The van der Waals surface area contributed by atoms with Crippen LogP contribution < -0.4 is 0 Å². The minimum absolute atomic E-state index is 0.369. The van der Waals surface area contributed by atoms with Crippen LogP contribution in [0.2, 0.25) is 0 Å². The third-order valence-electron chi connectivity index (χ3n) is 1.43. The Morgan fingerprint density at radius 2 is 2.09 bits per heavy atom. The maximum absolute atomic E-state index is 9.21. The lowest BCUT2D eigenvalue weighted by Crippen LogP contribution is -1.81. The van der Waals surface area contributed by atoms with Crippen molar-refractivity contribution in [1.82, 2.24) is 0 Å². The van der Waals surface area contributed by atoms with Crippen LogP contribution in [0.15, 0.2) is 18.2 Å². The lowest BCUT2D eigenvalue weighted by Gasteiger charge is -2.01. The Morgan fingerprint density at radius 3 is 2.64 bits per heavy atom. The molecule has 1 aromatic rings. The van der Waals surface area contributed by atoms with Crippen LogP contribution in [-0.2, 0) is 5.75 Å². The molecule has 1 nitrogen and oxygen atoms in total. The summed E-state index contributed by atoms with van der Waals surface area (Å²) < 4.78 is 0. The van der Waals surface area contributed by atoms with Crippen molar-refractivity contribution >= 4 is 11.8 Å². The number of thioether (sulfide) groups is 1. The third kappa shape index (κ3) is 2.46. The standard InChI is InChI=1S/C9H12OS/c1-7-3-8(6-11-2)5-9(10)4-7/h3-5,10H,6H2,1-2H3. The van der Waals surface area contributed by atoms with Crippen molar-refractivity contribution in [2.24, 2.45) is 0 Å². The third-order valence-corrected chi connectivity index (χ3v) is 2.05. The summed E-state index contributed by atoms with van der Waals surface area (Å²) >= 11 is 1.76. The highest BCUT2D eigenvalue weighted by Gasteiger charge is 1.95. The van der Waals surface area contributed by atoms with Gasteiger partial charge in [-0.15, -0.1) is 0 Å². The van der Waals surface area contributed by atoms with Crippen LogP contribution in [0.3, 0.4) is 0 Å². The molecule has 0 unspecified atom stereocenters. The zero-order valence-electron chi connectivity index (χ0n) is 6.79. The largest absolute Gasteiger partial charge is 0.508 e. The molecule has 0 radical (unpaired) electrons. The van der Waals surface area contributed by atoms with E-state index in [9.17, 15) is 5.11 Å². The molecule has 0 spiro atoms. The molecule has 0 saturated carbocycles. The molecule has 0 aromatic heterocycles. The zero-order valence-corrected chi connectivity index (χ0v) is 7.61. The van der Waals surface area contributed by atoms with E-state index in [-0.39, 0.29) is 0 Å². The van der Waals surface area contributed by atoms with E-state index in [0.717, 1.165) is 11.3 Å². The van der Waals surface area contributed by atoms with Crippen molar-refractivity contribution in [2.45, 2.75) is 12.7 Å². The molecule has 1 rings (SSSR count). The summed E-state index contributed by atoms with van der Waals surface area (Å²) in [7, 11) is 0. The van der Waals surface area contributed by atoms with Gasteiger partial charge < -0.3 is 5.11 Å². The number of phenolic OH excluding ortho intramolecular Hbond substituents is 1. The van der Waals surface area contributed by atoms with E-state index in [1.54, 1.807) is 17.8 Å². The first-order valence-corrected chi connectivity index (χ1v) is 4.90. The Bertz CT molecular complexity index is 225. The average Bonchev–Trinajstić information content (AvgIpc) is 1.85. The van der Waals surface area contributed by atoms with Crippen LogP contribution in [0.25, 0.3) is 0 Å². The van der Waals surface area contributed by atoms with Gasteiger partial charge in [0.15, 0.2) is 0 Å². The van der Waals surface area contributed by atoms with Gasteiger partial charge >= 0.3 is 0 Å². The summed E-state index contributed by atoms with van der Waals surface area (Å²) in [5.74, 6) is 1.34. The van der Waals surface area contributed by atoms with Gasteiger partial charge in [-0.05, 0) is 36.4 Å². The molecule has 0 aliphatic heterocycles. The topological polar surface area (TPSA) is 20.2 Å². The summed E-state index contributed by atoms with van der Waals surface area (Å²) in [5.41, 5.74) is 2.31. The molecule has 0 aliphatic rings. The number of hydrogen-bond acceptors (Lipinski definition) is 2. The molecule has 0 atom stereocenters. The van der Waals surface area contributed by atoms with Gasteiger partial charge in [0.2, 0.25) is 0 Å². The number of rotatable bonds is 2. The van der Waals surface area contributed by atoms with Gasteiger partial charge in [-0.3, -0.25) is 0 Å². The summed E-state index contributed by atoms with van der Waals surface area (Å²) in [4.78, 5) is 0. The second-order valence-corrected chi connectivity index (χ2v) is 3.48. The first kappa shape index (κ1) is 8.47. The first-order valence-electron chi connectivity index (χ1n) is 3.51. The normalized spacial score (nSPS) is 10.0. The molecule has 0 saturated heterocycles. The van der Waals surface area contributed by atoms with Crippen molar-refractivity contribution in [3.05, 3.63) is 29.3 Å². The number of benzene rings is 1. The molecule has 2 heteroatoms. The predicted octanol–water partition coefficient (Wildman–Crippen LogP) is 2.56. The van der Waals surface area contributed by atoms with E-state index >= 15 is 0 Å². The van der Waals surface area contributed by atoms with Gasteiger partial charge in [-0.2, -0.15) is 11.8 Å². The monoisotopic (exact) mass is 168 g/mol. The number of aromatic hydroxyl groups is 1. The molecular weight excluding hydrogens is 156 g/mol. The van der Waals surface area contributed by atoms with E-state index in [2.05, 4.69) is 12.3 Å². The molecule has 1 aromatic carbocycles. The highest BCUT2D eigenvalue weighted by Crippen LogP contribution is 2.17. The van der Waals surface area contributed by atoms with E-state index in [1.165, 1.54) is 5.56 Å². The van der Waals surface area contributed by atoms with Crippen LogP contribution in [0.5, 0.6) is 5.75 Å². The van der Waals surface area contributed by atoms with E-state index in [4.69, 9.17) is 0 Å². The van der Waals surface area contributed by atoms with E-state index < -0.39 is 0 Å². The lowest BCUT2D eigenvalue weighted by atomic mass is 10.1. The number of aryl methyl sites for hydroxylation is 1. The van der Waals surface area contributed by atoms with Crippen LogP contribution in [-0.4, -0.2) is 11.4 Å². The summed E-state index contributed by atoms with van der Waals surface area (Å²) in [6, 6.07) is 5.67. The summed E-state index contributed by atoms with van der Waals surface area (Å²) in [6.45, 7) is 1.99. The van der Waals surface area contributed by atoms with Crippen molar-refractivity contribution < 1.29 is 5.11 Å². The van der Waals surface area contributed by atoms with Gasteiger partial charge in [-0.25, -0.2) is 0 Å². The van der Waals surface area contributed by atoms with Crippen LogP contribution in [0.1, 0.15) is 11.1 Å². The fourth-order valence-electron chi connectivity index (χ4n) is 1.09. The fraction of sp³-hybridized carbons (Fsp3) is 0.333. The molecular formula is C9H12OS. The SMILES string of the molecule is CSCc1cc(C)cc(O)c1. The van der Waals surface area contributed by atoms with Crippen molar-refractivity contribution in [3.8, 4) is 5.75 Å². The zero-order chi connectivity index (χ0) is 8.27. The van der Waals surface area contributed by atoms with Gasteiger partial charge in [0.1, 0.15) is 5.75 Å². The highest BCUT2D eigenvalue weighted by molar-refractivity contribution is 7.97. The maximum atomic E-state index is 9.21. The Labute approximate surface area is 71.4 Å². The van der Waals surface area contributed by atoms with Gasteiger partial charge in [-0.1, -0.05) is 6.07 Å². The fourth-order valence-corrected chi connectivity index (χ4v) is 1.59. The molecule has 0 heterocycles. The Balaban J connectivity index is 2.89. The van der Waals surface area contributed by atoms with Crippen LogP contribution >= 0.6 is 11.8 Å². The number of hydrogen-bond donors (Lipinski definition) is 1. The molecule has 60 valence electrons. The average molecular weight is 168 g/mol. The van der Waals surface area contributed by atoms with Crippen LogP contribution in [0, 0.1) is 6.92 Å². The molecule has 0 fully saturated rings. The number of phenols is 1. The van der Waals surface area contributed by atoms with Gasteiger partial charge in [0.05, 0.1) is 0 Å². The predicted molar refractivity (Wildman–Crippen MR) is 50.1 cm³/mol. The Morgan fingerprint density at radius 1 is 1.36 bits per heavy atom. The quantitative estimate of drug-likeness (QED) is 0.732. The van der Waals surface area contributed by atoms with Crippen molar-refractivity contribution in [2.75, 3.05) is 6.26 Å². The molecule has 0 aliphatic carbocycles. The molecule has 0 amide bonds. The smallest absolute Gasteiger partial charge is 0.116 e. The molecule has 0 bridgehead atoms. The Kier molecular flexibility index (Phi) is 2.83. The summed E-state index contributed by atoms with van der Waals surface area (Å²) in [5, 5.41) is 9.21. The minimum Gasteiger partial charge on any atom is -0.508 e. The Hall–Kier alpha value is -0.630. The second kappa shape index (κ2) is 3.67. The first-order chi connectivity index (χ1) is 5.22.